The largest absolute Gasteiger partial charge is 0.339 e. The Morgan fingerprint density at radius 3 is 2.56 bits per heavy atom. The Hall–Kier alpha value is -3.72. The predicted molar refractivity (Wildman–Crippen MR) is 95.6 cm³/mol. The van der Waals surface area contributed by atoms with Crippen LogP contribution in [0.4, 0.5) is 17.2 Å². The molecule has 3 aromatic rings. The van der Waals surface area contributed by atoms with Crippen LogP contribution in [0.5, 0.6) is 0 Å². The highest BCUT2D eigenvalue weighted by molar-refractivity contribution is 6.04. The molecular weight excluding hydrogens is 314 g/mol. The van der Waals surface area contributed by atoms with Crippen molar-refractivity contribution in [2.24, 2.45) is 0 Å². The van der Waals surface area contributed by atoms with E-state index >= 15 is 0 Å². The van der Waals surface area contributed by atoms with E-state index in [0.29, 0.717) is 17.1 Å². The van der Waals surface area contributed by atoms with Crippen LogP contribution < -0.4 is 10.2 Å². The monoisotopic (exact) mass is 329 g/mol. The van der Waals surface area contributed by atoms with E-state index in [4.69, 9.17) is 5.26 Å². The predicted octanol–water partition coefficient (Wildman–Crippen LogP) is 3.37. The van der Waals surface area contributed by atoms with Gasteiger partial charge in [0, 0.05) is 18.8 Å². The van der Waals surface area contributed by atoms with Gasteiger partial charge in [0.15, 0.2) is 0 Å². The quantitative estimate of drug-likeness (QED) is 0.793. The zero-order valence-corrected chi connectivity index (χ0v) is 13.5. The number of carbonyl (C=O) groups excluding carboxylic acids is 1. The van der Waals surface area contributed by atoms with Crippen molar-refractivity contribution in [1.82, 2.24) is 9.97 Å². The van der Waals surface area contributed by atoms with Crippen LogP contribution in [-0.2, 0) is 0 Å². The maximum Gasteiger partial charge on any atom is 0.276 e. The first kappa shape index (κ1) is 16.1. The molecule has 0 saturated heterocycles. The molecule has 6 nitrogen and oxygen atoms in total. The van der Waals surface area contributed by atoms with E-state index < -0.39 is 0 Å². The second-order valence-electron chi connectivity index (χ2n) is 5.27. The fourth-order valence-electron chi connectivity index (χ4n) is 2.31. The first-order valence-electron chi connectivity index (χ1n) is 7.60. The number of nitriles is 1. The lowest BCUT2D eigenvalue weighted by Crippen LogP contribution is -2.27. The maximum atomic E-state index is 12.6. The van der Waals surface area contributed by atoms with Gasteiger partial charge in [-0.1, -0.05) is 30.3 Å². The summed E-state index contributed by atoms with van der Waals surface area (Å²) in [5.41, 5.74) is 2.16. The van der Waals surface area contributed by atoms with Crippen molar-refractivity contribution in [2.45, 2.75) is 0 Å². The van der Waals surface area contributed by atoms with E-state index in [2.05, 4.69) is 21.4 Å². The van der Waals surface area contributed by atoms with Crippen LogP contribution in [0.1, 0.15) is 16.1 Å². The van der Waals surface area contributed by atoms with Gasteiger partial charge in [0.1, 0.15) is 23.9 Å². The van der Waals surface area contributed by atoms with Gasteiger partial charge >= 0.3 is 0 Å². The molecule has 122 valence electrons. The number of nitrogens with one attached hydrogen (secondary N) is 1. The number of hydrogen-bond acceptors (Lipinski definition) is 5. The lowest BCUT2D eigenvalue weighted by Gasteiger charge is -2.17. The fraction of sp³-hybridized carbons (Fsp3) is 0.0526. The van der Waals surface area contributed by atoms with Crippen molar-refractivity contribution < 1.29 is 4.79 Å². The molecule has 0 aliphatic carbocycles. The second kappa shape index (κ2) is 7.23. The number of para-hydroxylation sites is 2. The van der Waals surface area contributed by atoms with Crippen LogP contribution in [0.2, 0.25) is 0 Å². The van der Waals surface area contributed by atoms with Gasteiger partial charge in [-0.2, -0.15) is 5.26 Å². The van der Waals surface area contributed by atoms with Gasteiger partial charge in [-0.3, -0.25) is 4.79 Å². The Kier molecular flexibility index (Phi) is 4.67. The highest BCUT2D eigenvalue weighted by Gasteiger charge is 2.15. The molecule has 0 bridgehead atoms. The third-order valence-electron chi connectivity index (χ3n) is 3.64. The van der Waals surface area contributed by atoms with Crippen LogP contribution in [0.25, 0.3) is 0 Å². The minimum atomic E-state index is -0.245. The Morgan fingerprint density at radius 1 is 1.08 bits per heavy atom. The summed E-state index contributed by atoms with van der Waals surface area (Å²) in [5.74, 6) is 0.202. The molecule has 25 heavy (non-hydrogen) atoms. The van der Waals surface area contributed by atoms with E-state index in [1.807, 2.05) is 36.4 Å². The highest BCUT2D eigenvalue weighted by atomic mass is 16.2. The van der Waals surface area contributed by atoms with Crippen molar-refractivity contribution in [3.8, 4) is 6.07 Å². The second-order valence-corrected chi connectivity index (χ2v) is 5.27. The average Bonchev–Trinajstić information content (AvgIpc) is 2.68. The third kappa shape index (κ3) is 3.62. The highest BCUT2D eigenvalue weighted by Crippen LogP contribution is 2.20. The number of amides is 1. The summed E-state index contributed by atoms with van der Waals surface area (Å²) < 4.78 is 0. The van der Waals surface area contributed by atoms with Gasteiger partial charge < -0.3 is 10.2 Å². The number of aromatic nitrogens is 2. The minimum Gasteiger partial charge on any atom is -0.339 e. The molecule has 0 saturated carbocycles. The fourth-order valence-corrected chi connectivity index (χ4v) is 2.31. The zero-order chi connectivity index (χ0) is 17.6. The zero-order valence-electron chi connectivity index (χ0n) is 13.5. The van der Waals surface area contributed by atoms with E-state index in [1.165, 1.54) is 11.2 Å². The lowest BCUT2D eigenvalue weighted by molar-refractivity contribution is 0.0988. The van der Waals surface area contributed by atoms with Crippen LogP contribution in [0.15, 0.2) is 67.0 Å². The van der Waals surface area contributed by atoms with Crippen molar-refractivity contribution in [3.63, 3.8) is 0 Å². The van der Waals surface area contributed by atoms with E-state index in [9.17, 15) is 4.79 Å². The standard InChI is InChI=1S/C19H15N5O/c1-24(15-8-3-2-4-9-15)19(25)17-11-18(22-13-21-17)23-16-10-6-5-7-14(16)12-20/h2-11,13H,1H3,(H,21,22,23). The number of nitrogens with zero attached hydrogens (tertiary/aromatic N) is 4. The van der Waals surface area contributed by atoms with Crippen molar-refractivity contribution >= 4 is 23.1 Å². The number of carbonyl (C=O) groups is 1. The minimum absolute atomic E-state index is 0.245. The van der Waals surface area contributed by atoms with Crippen LogP contribution in [-0.4, -0.2) is 22.9 Å². The van der Waals surface area contributed by atoms with Crippen molar-refractivity contribution in [1.29, 1.82) is 5.26 Å². The Morgan fingerprint density at radius 2 is 1.80 bits per heavy atom. The number of rotatable bonds is 4. The summed E-state index contributed by atoms with van der Waals surface area (Å²) >= 11 is 0. The van der Waals surface area contributed by atoms with Gasteiger partial charge in [0.2, 0.25) is 0 Å². The van der Waals surface area contributed by atoms with Crippen LogP contribution >= 0.6 is 0 Å². The number of benzene rings is 2. The summed E-state index contributed by atoms with van der Waals surface area (Å²) in [6.07, 6.45) is 1.32. The maximum absolute atomic E-state index is 12.6. The molecule has 0 radical (unpaired) electrons. The molecule has 0 atom stereocenters. The topological polar surface area (TPSA) is 81.9 Å². The molecule has 0 spiro atoms. The molecule has 0 unspecified atom stereocenters. The van der Waals surface area contributed by atoms with E-state index in [1.54, 1.807) is 31.3 Å². The van der Waals surface area contributed by atoms with Gasteiger partial charge in [0.25, 0.3) is 5.91 Å². The van der Waals surface area contributed by atoms with Crippen LogP contribution in [0, 0.1) is 11.3 Å². The van der Waals surface area contributed by atoms with Gasteiger partial charge in [-0.25, -0.2) is 9.97 Å². The van der Waals surface area contributed by atoms with Crippen LogP contribution in [0.3, 0.4) is 0 Å². The Bertz CT molecular complexity index is 934. The molecule has 1 aromatic heterocycles. The Labute approximate surface area is 145 Å². The molecule has 1 N–H and O–H groups in total. The summed E-state index contributed by atoms with van der Waals surface area (Å²) in [5, 5.41) is 12.2. The van der Waals surface area contributed by atoms with E-state index in [-0.39, 0.29) is 11.6 Å². The summed E-state index contributed by atoms with van der Waals surface area (Å²) in [6, 6.07) is 20.1. The first-order valence-corrected chi connectivity index (χ1v) is 7.60. The first-order chi connectivity index (χ1) is 12.2. The molecule has 3 rings (SSSR count). The summed E-state index contributed by atoms with van der Waals surface area (Å²) in [6.45, 7) is 0. The molecule has 1 amide bonds. The summed E-state index contributed by atoms with van der Waals surface area (Å²) in [4.78, 5) is 22.3. The molecule has 6 heteroatoms. The van der Waals surface area contributed by atoms with E-state index in [0.717, 1.165) is 5.69 Å². The Balaban J connectivity index is 1.84. The molecular formula is C19H15N5O. The van der Waals surface area contributed by atoms with Gasteiger partial charge in [-0.05, 0) is 24.3 Å². The SMILES string of the molecule is CN(C(=O)c1cc(Nc2ccccc2C#N)ncn1)c1ccccc1. The molecule has 0 aliphatic rings. The average molecular weight is 329 g/mol. The smallest absolute Gasteiger partial charge is 0.276 e. The van der Waals surface area contributed by atoms with Crippen molar-refractivity contribution in [2.75, 3.05) is 17.3 Å². The number of anilines is 3. The summed E-state index contributed by atoms with van der Waals surface area (Å²) in [7, 11) is 1.69. The normalized spacial score (nSPS) is 9.92. The molecule has 0 aliphatic heterocycles. The third-order valence-corrected chi connectivity index (χ3v) is 3.64. The number of hydrogen-bond donors (Lipinski definition) is 1. The molecule has 0 fully saturated rings. The van der Waals surface area contributed by atoms with Gasteiger partial charge in [0.05, 0.1) is 11.3 Å². The molecule has 2 aromatic carbocycles. The molecule has 1 heterocycles. The lowest BCUT2D eigenvalue weighted by atomic mass is 10.2. The van der Waals surface area contributed by atoms with Crippen molar-refractivity contribution in [3.05, 3.63) is 78.2 Å². The van der Waals surface area contributed by atoms with Gasteiger partial charge in [-0.15, -0.1) is 0 Å².